The fourth-order valence-corrected chi connectivity index (χ4v) is 1.36. The maximum atomic E-state index is 11.5. The van der Waals surface area contributed by atoms with Crippen LogP contribution in [0.5, 0.6) is 0 Å². The number of carbonyl (C=O) groups excluding carboxylic acids is 1. The Hall–Kier alpha value is -1.32. The Labute approximate surface area is 83.9 Å². The SMILES string of the molecule is CCCn1cnc(C)c1C(=O)OCC. The van der Waals surface area contributed by atoms with Gasteiger partial charge in [-0.1, -0.05) is 6.92 Å². The van der Waals surface area contributed by atoms with Gasteiger partial charge in [0.15, 0.2) is 0 Å². The molecule has 0 aliphatic carbocycles. The van der Waals surface area contributed by atoms with E-state index in [0.717, 1.165) is 18.7 Å². The predicted octanol–water partition coefficient (Wildman–Crippen LogP) is 1.78. The number of nitrogens with zero attached hydrogens (tertiary/aromatic N) is 2. The Kier molecular flexibility index (Phi) is 3.68. The second-order valence-corrected chi connectivity index (χ2v) is 3.09. The fraction of sp³-hybridized carbons (Fsp3) is 0.600. The van der Waals surface area contributed by atoms with E-state index in [4.69, 9.17) is 4.74 Å². The quantitative estimate of drug-likeness (QED) is 0.689. The lowest BCUT2D eigenvalue weighted by atomic mass is 10.3. The summed E-state index contributed by atoms with van der Waals surface area (Å²) in [5.41, 5.74) is 1.31. The van der Waals surface area contributed by atoms with Crippen LogP contribution in [0, 0.1) is 6.92 Å². The molecule has 0 unspecified atom stereocenters. The monoisotopic (exact) mass is 196 g/mol. The minimum absolute atomic E-state index is 0.282. The van der Waals surface area contributed by atoms with Crippen molar-refractivity contribution in [1.29, 1.82) is 0 Å². The van der Waals surface area contributed by atoms with E-state index in [1.165, 1.54) is 0 Å². The highest BCUT2D eigenvalue weighted by Crippen LogP contribution is 2.08. The molecule has 1 aromatic heterocycles. The van der Waals surface area contributed by atoms with Crippen molar-refractivity contribution in [2.75, 3.05) is 6.61 Å². The van der Waals surface area contributed by atoms with Gasteiger partial charge >= 0.3 is 5.97 Å². The van der Waals surface area contributed by atoms with Crippen LogP contribution < -0.4 is 0 Å². The summed E-state index contributed by atoms with van der Waals surface area (Å²) in [6, 6.07) is 0. The first-order valence-electron chi connectivity index (χ1n) is 4.89. The summed E-state index contributed by atoms with van der Waals surface area (Å²) < 4.78 is 6.79. The molecule has 0 aliphatic rings. The van der Waals surface area contributed by atoms with Gasteiger partial charge in [0.25, 0.3) is 0 Å². The zero-order valence-corrected chi connectivity index (χ0v) is 8.91. The van der Waals surface area contributed by atoms with Crippen molar-refractivity contribution in [3.63, 3.8) is 0 Å². The summed E-state index contributed by atoms with van der Waals surface area (Å²) in [5.74, 6) is -0.282. The Morgan fingerprint density at radius 2 is 2.29 bits per heavy atom. The van der Waals surface area contributed by atoms with Crippen LogP contribution in [0.3, 0.4) is 0 Å². The average Bonchev–Trinajstić information content (AvgIpc) is 2.48. The van der Waals surface area contributed by atoms with Crippen LogP contribution >= 0.6 is 0 Å². The van der Waals surface area contributed by atoms with Crippen LogP contribution in [0.15, 0.2) is 6.33 Å². The van der Waals surface area contributed by atoms with Gasteiger partial charge in [0.1, 0.15) is 5.69 Å². The summed E-state index contributed by atoms with van der Waals surface area (Å²) in [6.07, 6.45) is 2.66. The summed E-state index contributed by atoms with van der Waals surface area (Å²) in [4.78, 5) is 15.6. The van der Waals surface area contributed by atoms with E-state index in [2.05, 4.69) is 11.9 Å². The largest absolute Gasteiger partial charge is 0.461 e. The highest BCUT2D eigenvalue weighted by atomic mass is 16.5. The van der Waals surface area contributed by atoms with E-state index in [-0.39, 0.29) is 5.97 Å². The Balaban J connectivity index is 2.92. The van der Waals surface area contributed by atoms with Crippen LogP contribution in [-0.4, -0.2) is 22.1 Å². The molecule has 4 nitrogen and oxygen atoms in total. The molecule has 0 saturated heterocycles. The number of esters is 1. The highest BCUT2D eigenvalue weighted by Gasteiger charge is 2.16. The molecular formula is C10H16N2O2. The molecule has 0 bridgehead atoms. The van der Waals surface area contributed by atoms with E-state index < -0.39 is 0 Å². The van der Waals surface area contributed by atoms with Crippen molar-refractivity contribution >= 4 is 5.97 Å². The number of hydrogen-bond acceptors (Lipinski definition) is 3. The van der Waals surface area contributed by atoms with Crippen LogP contribution in [0.25, 0.3) is 0 Å². The van der Waals surface area contributed by atoms with Crippen molar-refractivity contribution in [3.8, 4) is 0 Å². The number of ether oxygens (including phenoxy) is 1. The molecule has 1 aromatic rings. The zero-order chi connectivity index (χ0) is 10.6. The fourth-order valence-electron chi connectivity index (χ4n) is 1.36. The van der Waals surface area contributed by atoms with E-state index in [1.807, 2.05) is 11.5 Å². The minimum Gasteiger partial charge on any atom is -0.461 e. The third-order valence-electron chi connectivity index (χ3n) is 1.95. The van der Waals surface area contributed by atoms with Crippen LogP contribution in [0.4, 0.5) is 0 Å². The molecular weight excluding hydrogens is 180 g/mol. The molecule has 0 amide bonds. The molecule has 0 fully saturated rings. The van der Waals surface area contributed by atoms with Gasteiger partial charge in [-0.15, -0.1) is 0 Å². The lowest BCUT2D eigenvalue weighted by Crippen LogP contribution is -2.13. The minimum atomic E-state index is -0.282. The molecule has 0 saturated carbocycles. The number of hydrogen-bond donors (Lipinski definition) is 0. The first kappa shape index (κ1) is 10.8. The van der Waals surface area contributed by atoms with Crippen molar-refractivity contribution < 1.29 is 9.53 Å². The molecule has 1 rings (SSSR count). The summed E-state index contributed by atoms with van der Waals surface area (Å²) in [5, 5.41) is 0. The van der Waals surface area contributed by atoms with Gasteiger partial charge in [0.2, 0.25) is 0 Å². The van der Waals surface area contributed by atoms with Crippen molar-refractivity contribution in [1.82, 2.24) is 9.55 Å². The number of rotatable bonds is 4. The van der Waals surface area contributed by atoms with E-state index in [9.17, 15) is 4.79 Å². The van der Waals surface area contributed by atoms with Gasteiger partial charge in [-0.25, -0.2) is 9.78 Å². The van der Waals surface area contributed by atoms with Crippen molar-refractivity contribution in [2.45, 2.75) is 33.7 Å². The summed E-state index contributed by atoms with van der Waals surface area (Å²) in [7, 11) is 0. The third-order valence-corrected chi connectivity index (χ3v) is 1.95. The molecule has 4 heteroatoms. The van der Waals surface area contributed by atoms with Gasteiger partial charge < -0.3 is 9.30 Å². The topological polar surface area (TPSA) is 44.1 Å². The first-order chi connectivity index (χ1) is 6.70. The van der Waals surface area contributed by atoms with Crippen molar-refractivity contribution in [2.24, 2.45) is 0 Å². The lowest BCUT2D eigenvalue weighted by Gasteiger charge is -2.06. The van der Waals surface area contributed by atoms with Crippen LogP contribution in [-0.2, 0) is 11.3 Å². The molecule has 78 valence electrons. The molecule has 0 radical (unpaired) electrons. The highest BCUT2D eigenvalue weighted by molar-refractivity contribution is 5.88. The van der Waals surface area contributed by atoms with Crippen molar-refractivity contribution in [3.05, 3.63) is 17.7 Å². The standard InChI is InChI=1S/C10H16N2O2/c1-4-6-12-7-11-8(3)9(12)10(13)14-5-2/h7H,4-6H2,1-3H3. The van der Waals surface area contributed by atoms with E-state index in [1.54, 1.807) is 13.3 Å². The second-order valence-electron chi connectivity index (χ2n) is 3.09. The Bertz CT molecular complexity index is 318. The maximum absolute atomic E-state index is 11.5. The number of aromatic nitrogens is 2. The van der Waals surface area contributed by atoms with Gasteiger partial charge in [-0.3, -0.25) is 0 Å². The predicted molar refractivity (Wildman–Crippen MR) is 53.2 cm³/mol. The number of carbonyl (C=O) groups is 1. The van der Waals surface area contributed by atoms with Gasteiger partial charge in [-0.05, 0) is 20.3 Å². The number of imidazole rings is 1. The molecule has 1 heterocycles. The molecule has 0 aromatic carbocycles. The Morgan fingerprint density at radius 3 is 2.86 bits per heavy atom. The van der Waals surface area contributed by atoms with E-state index >= 15 is 0 Å². The summed E-state index contributed by atoms with van der Waals surface area (Å²) in [6.45, 7) is 6.88. The molecule has 0 aliphatic heterocycles. The normalized spacial score (nSPS) is 10.2. The van der Waals surface area contributed by atoms with Crippen LogP contribution in [0.2, 0.25) is 0 Å². The lowest BCUT2D eigenvalue weighted by molar-refractivity contribution is 0.0512. The molecule has 0 spiro atoms. The third kappa shape index (κ3) is 2.13. The van der Waals surface area contributed by atoms with Gasteiger partial charge in [-0.2, -0.15) is 0 Å². The molecule has 0 atom stereocenters. The van der Waals surface area contributed by atoms with Crippen LogP contribution in [0.1, 0.15) is 36.5 Å². The summed E-state index contributed by atoms with van der Waals surface area (Å²) >= 11 is 0. The molecule has 14 heavy (non-hydrogen) atoms. The average molecular weight is 196 g/mol. The van der Waals surface area contributed by atoms with Gasteiger partial charge in [0, 0.05) is 6.54 Å². The zero-order valence-electron chi connectivity index (χ0n) is 8.91. The number of aryl methyl sites for hydroxylation is 2. The smallest absolute Gasteiger partial charge is 0.356 e. The Morgan fingerprint density at radius 1 is 1.57 bits per heavy atom. The maximum Gasteiger partial charge on any atom is 0.356 e. The molecule has 0 N–H and O–H groups in total. The van der Waals surface area contributed by atoms with E-state index in [0.29, 0.717) is 12.3 Å². The first-order valence-corrected chi connectivity index (χ1v) is 4.89. The van der Waals surface area contributed by atoms with Gasteiger partial charge in [0.05, 0.1) is 18.6 Å². The second kappa shape index (κ2) is 4.79.